The number of hydrogen-bond acceptors (Lipinski definition) is 6. The van der Waals surface area contributed by atoms with Gasteiger partial charge < -0.3 is 10.1 Å². The van der Waals surface area contributed by atoms with E-state index in [-0.39, 0.29) is 39.1 Å². The van der Waals surface area contributed by atoms with Crippen LogP contribution in [0.5, 0.6) is 0 Å². The second-order valence-electron chi connectivity index (χ2n) is 8.52. The van der Waals surface area contributed by atoms with E-state index >= 15 is 0 Å². The summed E-state index contributed by atoms with van der Waals surface area (Å²) in [4.78, 5) is 63.2. The zero-order chi connectivity index (χ0) is 23.3. The lowest BCUT2D eigenvalue weighted by atomic mass is 9.81. The number of nitrogens with zero attached hydrogens (tertiary/aromatic N) is 1. The first kappa shape index (κ1) is 23.1. The molecular weight excluding hydrogens is 548 g/mol. The molecule has 32 heavy (non-hydrogen) atoms. The van der Waals surface area contributed by atoms with Crippen molar-refractivity contribution in [2.75, 3.05) is 11.9 Å². The number of fused-ring (bicyclic) bond motifs is 5. The molecule has 2 saturated carbocycles. The van der Waals surface area contributed by atoms with Gasteiger partial charge in [0, 0.05) is 20.9 Å². The third kappa shape index (κ3) is 3.81. The van der Waals surface area contributed by atoms with E-state index in [1.165, 1.54) is 13.8 Å². The number of nitrogens with one attached hydrogen (secondary N) is 1. The maximum Gasteiger partial charge on any atom is 0.329 e. The number of benzene rings is 1. The lowest BCUT2D eigenvalue weighted by molar-refractivity contribution is -0.159. The van der Waals surface area contributed by atoms with Crippen molar-refractivity contribution < 1.29 is 28.7 Å². The molecule has 1 aromatic rings. The van der Waals surface area contributed by atoms with E-state index in [4.69, 9.17) is 4.74 Å². The van der Waals surface area contributed by atoms with Gasteiger partial charge in [0.15, 0.2) is 12.4 Å². The molecule has 1 aromatic carbocycles. The second-order valence-corrected chi connectivity index (χ2v) is 10.6. The number of carbonyl (C=O) groups excluding carboxylic acids is 5. The van der Waals surface area contributed by atoms with Crippen LogP contribution in [0.25, 0.3) is 0 Å². The van der Waals surface area contributed by atoms with Gasteiger partial charge in [-0.3, -0.25) is 24.1 Å². The number of alkyl halides is 2. The van der Waals surface area contributed by atoms with Crippen LogP contribution >= 0.6 is 31.9 Å². The van der Waals surface area contributed by atoms with Gasteiger partial charge in [0.25, 0.3) is 5.91 Å². The Morgan fingerprint density at radius 1 is 1.06 bits per heavy atom. The molecule has 0 aromatic heterocycles. The van der Waals surface area contributed by atoms with E-state index in [9.17, 15) is 24.0 Å². The Labute approximate surface area is 201 Å². The van der Waals surface area contributed by atoms with Crippen LogP contribution in [0.15, 0.2) is 24.3 Å². The lowest BCUT2D eigenvalue weighted by Gasteiger charge is -2.28. The lowest BCUT2D eigenvalue weighted by Crippen LogP contribution is -2.45. The third-order valence-corrected chi connectivity index (χ3v) is 9.88. The van der Waals surface area contributed by atoms with Crippen molar-refractivity contribution >= 4 is 67.0 Å². The first-order chi connectivity index (χ1) is 15.1. The van der Waals surface area contributed by atoms with Crippen molar-refractivity contribution in [1.82, 2.24) is 4.90 Å². The topological polar surface area (TPSA) is 110 Å². The molecule has 1 saturated heterocycles. The maximum absolute atomic E-state index is 13.0. The van der Waals surface area contributed by atoms with Gasteiger partial charge >= 0.3 is 5.97 Å². The van der Waals surface area contributed by atoms with Crippen LogP contribution < -0.4 is 5.32 Å². The predicted octanol–water partition coefficient (Wildman–Crippen LogP) is 2.54. The molecule has 170 valence electrons. The number of ether oxygens (including phenoxy) is 1. The number of rotatable bonds is 6. The van der Waals surface area contributed by atoms with Crippen LogP contribution in [-0.4, -0.2) is 56.7 Å². The molecule has 8 nitrogen and oxygen atoms in total. The Balaban J connectivity index is 1.34. The summed E-state index contributed by atoms with van der Waals surface area (Å²) in [6.45, 7) is 2.33. The van der Waals surface area contributed by atoms with E-state index < -0.39 is 36.4 Å². The number of halogens is 2. The van der Waals surface area contributed by atoms with E-state index in [0.29, 0.717) is 11.3 Å². The van der Waals surface area contributed by atoms with Crippen molar-refractivity contribution in [2.24, 2.45) is 23.7 Å². The van der Waals surface area contributed by atoms with Crippen molar-refractivity contribution in [3.8, 4) is 0 Å². The zero-order valence-electron chi connectivity index (χ0n) is 17.4. The fraction of sp³-hybridized carbons (Fsp3) is 0.500. The van der Waals surface area contributed by atoms with Crippen molar-refractivity contribution in [1.29, 1.82) is 0 Å². The molecule has 10 heteroatoms. The summed E-state index contributed by atoms with van der Waals surface area (Å²) in [6, 6.07) is 5.19. The molecule has 3 fully saturated rings. The average molecular weight is 570 g/mol. The fourth-order valence-corrected chi connectivity index (χ4v) is 6.98. The highest BCUT2D eigenvalue weighted by Crippen LogP contribution is 2.60. The van der Waals surface area contributed by atoms with Crippen LogP contribution in [0.1, 0.15) is 30.6 Å². The molecule has 1 heterocycles. The molecule has 0 unspecified atom stereocenters. The van der Waals surface area contributed by atoms with E-state index in [1.807, 2.05) is 0 Å². The summed E-state index contributed by atoms with van der Waals surface area (Å²) in [5.74, 6) is -2.87. The van der Waals surface area contributed by atoms with E-state index in [1.54, 1.807) is 24.3 Å². The second kappa shape index (κ2) is 8.70. The first-order valence-corrected chi connectivity index (χ1v) is 12.2. The van der Waals surface area contributed by atoms with Crippen molar-refractivity contribution in [2.45, 2.75) is 36.0 Å². The molecule has 1 N–H and O–H groups in total. The molecule has 3 amide bonds. The van der Waals surface area contributed by atoms with Gasteiger partial charge in [-0.2, -0.15) is 0 Å². The van der Waals surface area contributed by atoms with Crippen LogP contribution in [0.2, 0.25) is 0 Å². The summed E-state index contributed by atoms with van der Waals surface area (Å²) in [5.41, 5.74) is 0.963. The van der Waals surface area contributed by atoms with Crippen LogP contribution in [-0.2, 0) is 23.9 Å². The molecule has 1 aliphatic heterocycles. The number of imide groups is 1. The molecule has 4 rings (SSSR count). The van der Waals surface area contributed by atoms with Crippen molar-refractivity contribution in [3.63, 3.8) is 0 Å². The Kier molecular flexibility index (Phi) is 6.28. The summed E-state index contributed by atoms with van der Waals surface area (Å²) in [5, 5.41) is 2.57. The van der Waals surface area contributed by atoms with Gasteiger partial charge in [-0.05, 0) is 56.4 Å². The number of ketones is 1. The minimum Gasteiger partial charge on any atom is -0.454 e. The monoisotopic (exact) mass is 568 g/mol. The standard InChI is InChI=1S/C22H22Br2N2O6/c1-9(22(31)32-8-15(28)25-12-5-3-11(4-6-12)10(2)27)26-20(29)16-13-7-14(17(16)21(26)30)19(24)18(13)23/h3-6,9,13-14,16-19H,7-8H2,1-2H3,(H,25,28)/t9-,13+,14+,16+,17+,18-,19-/m0/s1. The van der Waals surface area contributed by atoms with Gasteiger partial charge in [0.2, 0.25) is 11.8 Å². The highest BCUT2D eigenvalue weighted by molar-refractivity contribution is 9.12. The normalized spacial score (nSPS) is 31.4. The summed E-state index contributed by atoms with van der Waals surface area (Å²) < 4.78 is 5.07. The molecule has 3 aliphatic rings. The number of likely N-dealkylation sites (tertiary alicyclic amines) is 1. The zero-order valence-corrected chi connectivity index (χ0v) is 20.6. The Morgan fingerprint density at radius 3 is 2.09 bits per heavy atom. The van der Waals surface area contributed by atoms with E-state index in [0.717, 1.165) is 11.3 Å². The van der Waals surface area contributed by atoms with Gasteiger partial charge in [-0.1, -0.05) is 31.9 Å². The van der Waals surface area contributed by atoms with Gasteiger partial charge in [-0.15, -0.1) is 0 Å². The van der Waals surface area contributed by atoms with Crippen molar-refractivity contribution in [3.05, 3.63) is 29.8 Å². The molecule has 0 spiro atoms. The largest absolute Gasteiger partial charge is 0.454 e. The number of hydrogen-bond donors (Lipinski definition) is 1. The van der Waals surface area contributed by atoms with Gasteiger partial charge in [0.1, 0.15) is 6.04 Å². The quantitative estimate of drug-likeness (QED) is 0.244. The Hall–Kier alpha value is -2.07. The molecule has 2 bridgehead atoms. The van der Waals surface area contributed by atoms with E-state index in [2.05, 4.69) is 37.2 Å². The predicted molar refractivity (Wildman–Crippen MR) is 121 cm³/mol. The summed E-state index contributed by atoms with van der Waals surface area (Å²) >= 11 is 7.26. The average Bonchev–Trinajstić information content (AvgIpc) is 3.36. The highest BCUT2D eigenvalue weighted by Gasteiger charge is 2.67. The minimum absolute atomic E-state index is 0.0548. The number of anilines is 1. The number of amides is 3. The first-order valence-electron chi connectivity index (χ1n) is 10.3. The van der Waals surface area contributed by atoms with Crippen LogP contribution in [0.3, 0.4) is 0 Å². The molecule has 2 aliphatic carbocycles. The van der Waals surface area contributed by atoms with Crippen LogP contribution in [0, 0.1) is 23.7 Å². The molecule has 7 atom stereocenters. The third-order valence-electron chi connectivity index (χ3n) is 6.67. The molecule has 0 radical (unpaired) electrons. The fourth-order valence-electron chi connectivity index (χ4n) is 5.10. The number of carbonyl (C=O) groups is 5. The van der Waals surface area contributed by atoms with Gasteiger partial charge in [0.05, 0.1) is 11.8 Å². The smallest absolute Gasteiger partial charge is 0.329 e. The SMILES string of the molecule is CC(=O)c1ccc(NC(=O)COC(=O)[C@H](C)N2C(=O)[C@@H]3[C@H]4C[C@@H]([C@H](Br)[C@H]4Br)[C@H]3C2=O)cc1. The number of Topliss-reactive ketones (excluding diaryl/α,β-unsaturated/α-hetero) is 1. The minimum atomic E-state index is -1.11. The van der Waals surface area contributed by atoms with Gasteiger partial charge in [-0.25, -0.2) is 4.79 Å². The Morgan fingerprint density at radius 2 is 1.59 bits per heavy atom. The highest BCUT2D eigenvalue weighted by atomic mass is 79.9. The molecular formula is C22H22Br2N2O6. The summed E-state index contributed by atoms with van der Waals surface area (Å²) in [6.07, 6.45) is 0.804. The van der Waals surface area contributed by atoms with Crippen LogP contribution in [0.4, 0.5) is 5.69 Å². The number of esters is 1. The maximum atomic E-state index is 13.0. The Bertz CT molecular complexity index is 965. The summed E-state index contributed by atoms with van der Waals surface area (Å²) in [7, 11) is 0.